The lowest BCUT2D eigenvalue weighted by Crippen LogP contribution is -2.51. The second kappa shape index (κ2) is 9.91. The van der Waals surface area contributed by atoms with E-state index in [-0.39, 0.29) is 30.3 Å². The van der Waals surface area contributed by atoms with Crippen molar-refractivity contribution in [3.8, 4) is 0 Å². The number of benzene rings is 1. The Labute approximate surface area is 146 Å². The normalized spacial score (nSPS) is 17.6. The SMILES string of the molecule is CC(C)[C@H](N)C(=O)NC1CCN(CCc2ccccc2)CC1.Cl. The van der Waals surface area contributed by atoms with E-state index in [1.54, 1.807) is 0 Å². The highest BCUT2D eigenvalue weighted by atomic mass is 35.5. The highest BCUT2D eigenvalue weighted by molar-refractivity contribution is 5.85. The molecule has 1 aromatic carbocycles. The Morgan fingerprint density at radius 1 is 1.26 bits per heavy atom. The van der Waals surface area contributed by atoms with E-state index in [0.717, 1.165) is 38.9 Å². The number of likely N-dealkylation sites (tertiary alicyclic amines) is 1. The van der Waals surface area contributed by atoms with Crippen molar-refractivity contribution in [3.63, 3.8) is 0 Å². The molecule has 0 aliphatic carbocycles. The van der Waals surface area contributed by atoms with Crippen molar-refractivity contribution < 1.29 is 4.79 Å². The molecule has 1 aliphatic rings. The van der Waals surface area contributed by atoms with Gasteiger partial charge in [0.05, 0.1) is 6.04 Å². The summed E-state index contributed by atoms with van der Waals surface area (Å²) < 4.78 is 0. The third-order valence-corrected chi connectivity index (χ3v) is 4.51. The minimum atomic E-state index is -0.392. The van der Waals surface area contributed by atoms with Crippen LogP contribution in [0.2, 0.25) is 0 Å². The van der Waals surface area contributed by atoms with E-state index >= 15 is 0 Å². The van der Waals surface area contributed by atoms with Crippen LogP contribution in [0.1, 0.15) is 32.3 Å². The van der Waals surface area contributed by atoms with Crippen LogP contribution in [0, 0.1) is 5.92 Å². The summed E-state index contributed by atoms with van der Waals surface area (Å²) in [5.74, 6) is 0.184. The lowest BCUT2D eigenvalue weighted by Gasteiger charge is -2.33. The molecular weight excluding hydrogens is 310 g/mol. The van der Waals surface area contributed by atoms with Crippen LogP contribution >= 0.6 is 12.4 Å². The van der Waals surface area contributed by atoms with Crippen LogP contribution in [0.4, 0.5) is 0 Å². The number of carbonyl (C=O) groups excluding carboxylic acids is 1. The van der Waals surface area contributed by atoms with Gasteiger partial charge in [-0.2, -0.15) is 0 Å². The quantitative estimate of drug-likeness (QED) is 0.835. The first kappa shape index (κ1) is 19.9. The van der Waals surface area contributed by atoms with E-state index < -0.39 is 6.04 Å². The van der Waals surface area contributed by atoms with Crippen molar-refractivity contribution in [2.45, 2.75) is 45.2 Å². The maximum atomic E-state index is 12.0. The zero-order chi connectivity index (χ0) is 15.9. The molecule has 2 rings (SSSR count). The minimum absolute atomic E-state index is 0. The standard InChI is InChI=1S/C18H29N3O.ClH/c1-14(2)17(19)18(22)20-16-9-12-21(13-10-16)11-8-15-6-4-3-5-7-15;/h3-7,14,16-17H,8-13,19H2,1-2H3,(H,20,22);1H/t17-;/m0./s1. The molecule has 1 fully saturated rings. The number of rotatable bonds is 6. The van der Waals surface area contributed by atoms with Gasteiger partial charge < -0.3 is 16.0 Å². The Morgan fingerprint density at radius 2 is 1.87 bits per heavy atom. The molecule has 1 atom stereocenters. The van der Waals surface area contributed by atoms with Crippen molar-refractivity contribution >= 4 is 18.3 Å². The minimum Gasteiger partial charge on any atom is -0.352 e. The monoisotopic (exact) mass is 339 g/mol. The van der Waals surface area contributed by atoms with E-state index in [1.165, 1.54) is 5.56 Å². The van der Waals surface area contributed by atoms with Crippen molar-refractivity contribution in [3.05, 3.63) is 35.9 Å². The molecule has 130 valence electrons. The molecule has 4 nitrogen and oxygen atoms in total. The van der Waals surface area contributed by atoms with E-state index in [4.69, 9.17) is 5.73 Å². The molecule has 1 saturated heterocycles. The first-order valence-electron chi connectivity index (χ1n) is 8.38. The van der Waals surface area contributed by atoms with Crippen LogP contribution in [0.3, 0.4) is 0 Å². The summed E-state index contributed by atoms with van der Waals surface area (Å²) in [6.07, 6.45) is 3.13. The van der Waals surface area contributed by atoms with Gasteiger partial charge in [-0.25, -0.2) is 0 Å². The topological polar surface area (TPSA) is 58.4 Å². The van der Waals surface area contributed by atoms with Crippen LogP contribution in [0.5, 0.6) is 0 Å². The molecular formula is C18H30ClN3O. The fraction of sp³-hybridized carbons (Fsp3) is 0.611. The Morgan fingerprint density at radius 3 is 2.43 bits per heavy atom. The highest BCUT2D eigenvalue weighted by Crippen LogP contribution is 2.12. The smallest absolute Gasteiger partial charge is 0.237 e. The summed E-state index contributed by atoms with van der Waals surface area (Å²) in [5.41, 5.74) is 7.28. The lowest BCUT2D eigenvalue weighted by atomic mass is 10.0. The number of nitrogens with two attached hydrogens (primary N) is 1. The molecule has 1 heterocycles. The number of hydrogen-bond donors (Lipinski definition) is 2. The van der Waals surface area contributed by atoms with Crippen LogP contribution in [0.15, 0.2) is 30.3 Å². The average Bonchev–Trinajstić information content (AvgIpc) is 2.54. The molecule has 0 spiro atoms. The van der Waals surface area contributed by atoms with Gasteiger partial charge in [0.1, 0.15) is 0 Å². The number of amides is 1. The van der Waals surface area contributed by atoms with Gasteiger partial charge in [0.2, 0.25) is 5.91 Å². The van der Waals surface area contributed by atoms with Gasteiger partial charge in [-0.1, -0.05) is 44.2 Å². The molecule has 23 heavy (non-hydrogen) atoms. The van der Waals surface area contributed by atoms with Gasteiger partial charge >= 0.3 is 0 Å². The molecule has 1 amide bonds. The van der Waals surface area contributed by atoms with Crippen LogP contribution in [0.25, 0.3) is 0 Å². The summed E-state index contributed by atoms with van der Waals surface area (Å²) in [7, 11) is 0. The second-order valence-corrected chi connectivity index (χ2v) is 6.63. The Kier molecular flexibility index (Phi) is 8.59. The molecule has 0 radical (unpaired) electrons. The summed E-state index contributed by atoms with van der Waals surface area (Å²) in [5, 5.41) is 3.10. The first-order chi connectivity index (χ1) is 10.6. The molecule has 5 heteroatoms. The molecule has 3 N–H and O–H groups in total. The number of carbonyl (C=O) groups is 1. The molecule has 0 bridgehead atoms. The molecule has 1 aromatic rings. The van der Waals surface area contributed by atoms with Gasteiger partial charge in [-0.3, -0.25) is 4.79 Å². The zero-order valence-corrected chi connectivity index (χ0v) is 15.0. The average molecular weight is 340 g/mol. The third kappa shape index (κ3) is 6.50. The van der Waals surface area contributed by atoms with E-state index in [1.807, 2.05) is 13.8 Å². The van der Waals surface area contributed by atoms with E-state index in [2.05, 4.69) is 40.5 Å². The lowest BCUT2D eigenvalue weighted by molar-refractivity contribution is -0.124. The third-order valence-electron chi connectivity index (χ3n) is 4.51. The first-order valence-corrected chi connectivity index (χ1v) is 8.38. The van der Waals surface area contributed by atoms with Crippen LogP contribution < -0.4 is 11.1 Å². The number of piperidine rings is 1. The summed E-state index contributed by atoms with van der Waals surface area (Å²) in [6.45, 7) is 7.16. The zero-order valence-electron chi connectivity index (χ0n) is 14.2. The number of nitrogens with zero attached hydrogens (tertiary/aromatic N) is 1. The Bertz CT molecular complexity index is 459. The van der Waals surface area contributed by atoms with E-state index in [9.17, 15) is 4.79 Å². The predicted octanol–water partition coefficient (Wildman–Crippen LogP) is 2.21. The van der Waals surface area contributed by atoms with Crippen LogP contribution in [-0.2, 0) is 11.2 Å². The maximum absolute atomic E-state index is 12.0. The Hall–Kier alpha value is -1.10. The van der Waals surface area contributed by atoms with Crippen molar-refractivity contribution in [1.82, 2.24) is 10.2 Å². The highest BCUT2D eigenvalue weighted by Gasteiger charge is 2.24. The van der Waals surface area contributed by atoms with Crippen molar-refractivity contribution in [1.29, 1.82) is 0 Å². The van der Waals surface area contributed by atoms with Gasteiger partial charge in [0.15, 0.2) is 0 Å². The summed E-state index contributed by atoms with van der Waals surface area (Å²) >= 11 is 0. The van der Waals surface area contributed by atoms with Gasteiger partial charge in [-0.05, 0) is 30.7 Å². The maximum Gasteiger partial charge on any atom is 0.237 e. The van der Waals surface area contributed by atoms with Crippen molar-refractivity contribution in [2.75, 3.05) is 19.6 Å². The fourth-order valence-electron chi connectivity index (χ4n) is 2.83. The molecule has 1 aliphatic heterocycles. The van der Waals surface area contributed by atoms with Gasteiger partial charge in [0, 0.05) is 25.7 Å². The molecule has 0 unspecified atom stereocenters. The predicted molar refractivity (Wildman–Crippen MR) is 97.8 cm³/mol. The van der Waals surface area contributed by atoms with Crippen LogP contribution in [-0.4, -0.2) is 42.5 Å². The number of nitrogens with one attached hydrogen (secondary N) is 1. The Balaban J connectivity index is 0.00000264. The second-order valence-electron chi connectivity index (χ2n) is 6.63. The van der Waals surface area contributed by atoms with Crippen molar-refractivity contribution in [2.24, 2.45) is 11.7 Å². The number of halogens is 1. The van der Waals surface area contributed by atoms with Gasteiger partial charge in [0.25, 0.3) is 0 Å². The largest absolute Gasteiger partial charge is 0.352 e. The van der Waals surface area contributed by atoms with E-state index in [0.29, 0.717) is 0 Å². The summed E-state index contributed by atoms with van der Waals surface area (Å²) in [4.78, 5) is 14.5. The molecule has 0 aromatic heterocycles. The fourth-order valence-corrected chi connectivity index (χ4v) is 2.83. The summed E-state index contributed by atoms with van der Waals surface area (Å²) in [6, 6.07) is 10.5. The molecule has 0 saturated carbocycles. The van der Waals surface area contributed by atoms with Gasteiger partial charge in [-0.15, -0.1) is 12.4 Å². The number of hydrogen-bond acceptors (Lipinski definition) is 3.